The molecule has 2 fully saturated rings. The Bertz CT molecular complexity index is 809. The van der Waals surface area contributed by atoms with E-state index in [0.29, 0.717) is 18.8 Å². The van der Waals surface area contributed by atoms with Crippen LogP contribution in [0, 0.1) is 6.92 Å². The van der Waals surface area contributed by atoms with E-state index in [1.807, 2.05) is 25.2 Å². The molecule has 1 aromatic heterocycles. The second kappa shape index (κ2) is 10.6. The Balaban J connectivity index is 0.00000240. The lowest BCUT2D eigenvalue weighted by Crippen LogP contribution is -2.47. The minimum absolute atomic E-state index is 0. The summed E-state index contributed by atoms with van der Waals surface area (Å²) in [5.74, 6) is 1.90. The zero-order chi connectivity index (χ0) is 19.3. The van der Waals surface area contributed by atoms with Crippen molar-refractivity contribution in [2.24, 2.45) is 4.99 Å². The van der Waals surface area contributed by atoms with Crippen molar-refractivity contribution in [2.45, 2.75) is 51.4 Å². The fourth-order valence-electron chi connectivity index (χ4n) is 4.14. The number of benzene rings is 1. The summed E-state index contributed by atoms with van der Waals surface area (Å²) in [6.07, 6.45) is 4.99. The van der Waals surface area contributed by atoms with Gasteiger partial charge in [-0.05, 0) is 38.7 Å². The van der Waals surface area contributed by atoms with E-state index >= 15 is 0 Å². The number of likely N-dealkylation sites (tertiary alicyclic amines) is 1. The summed E-state index contributed by atoms with van der Waals surface area (Å²) in [5, 5.41) is 4.65. The van der Waals surface area contributed by atoms with Crippen molar-refractivity contribution in [3.8, 4) is 0 Å². The monoisotopic (exact) mass is 513 g/mol. The number of hydrogen-bond donors (Lipinski definition) is 1. The molecule has 1 atom stereocenters. The summed E-state index contributed by atoms with van der Waals surface area (Å²) < 4.78 is 17.7. The molecule has 2 aliphatic rings. The Hall–Kier alpha value is -1.32. The van der Waals surface area contributed by atoms with Gasteiger partial charge < -0.3 is 24.1 Å². The molecule has 160 valence electrons. The van der Waals surface area contributed by atoms with Crippen LogP contribution in [-0.4, -0.2) is 56.4 Å². The van der Waals surface area contributed by atoms with Crippen molar-refractivity contribution in [2.75, 3.05) is 33.4 Å². The van der Waals surface area contributed by atoms with E-state index in [2.05, 4.69) is 28.2 Å². The van der Waals surface area contributed by atoms with E-state index in [0.717, 1.165) is 62.9 Å². The maximum absolute atomic E-state index is 6.08. The van der Waals surface area contributed by atoms with E-state index in [9.17, 15) is 0 Å². The largest absolute Gasteiger partial charge is 0.459 e. The Morgan fingerprint density at radius 3 is 2.72 bits per heavy atom. The SMILES string of the molecule is CN=C(NCc1oc2ccccc2c1C)N1CCC(OCC2CCCO2)CC1.I. The number of aryl methyl sites for hydroxylation is 1. The number of fused-ring (bicyclic) bond motifs is 1. The van der Waals surface area contributed by atoms with Crippen molar-refractivity contribution >= 4 is 40.9 Å². The number of furan rings is 1. The third-order valence-electron chi connectivity index (χ3n) is 5.84. The lowest BCUT2D eigenvalue weighted by molar-refractivity contribution is -0.0367. The molecule has 1 N–H and O–H groups in total. The highest BCUT2D eigenvalue weighted by atomic mass is 127. The van der Waals surface area contributed by atoms with Gasteiger partial charge in [-0.15, -0.1) is 24.0 Å². The van der Waals surface area contributed by atoms with Gasteiger partial charge in [0.15, 0.2) is 5.96 Å². The summed E-state index contributed by atoms with van der Waals surface area (Å²) in [6.45, 7) is 6.29. The predicted molar refractivity (Wildman–Crippen MR) is 126 cm³/mol. The fourth-order valence-corrected chi connectivity index (χ4v) is 4.14. The van der Waals surface area contributed by atoms with Gasteiger partial charge in [-0.2, -0.15) is 0 Å². The molecule has 1 unspecified atom stereocenters. The molecule has 2 aliphatic heterocycles. The van der Waals surface area contributed by atoms with Gasteiger partial charge in [0.05, 0.1) is 25.4 Å². The lowest BCUT2D eigenvalue weighted by atomic mass is 10.1. The number of guanidine groups is 1. The van der Waals surface area contributed by atoms with Crippen molar-refractivity contribution in [3.05, 3.63) is 35.6 Å². The number of nitrogens with zero attached hydrogens (tertiary/aromatic N) is 2. The predicted octanol–water partition coefficient (Wildman–Crippen LogP) is 4.09. The van der Waals surface area contributed by atoms with Gasteiger partial charge in [-0.25, -0.2) is 0 Å². The molecule has 0 bridgehead atoms. The molecule has 0 radical (unpaired) electrons. The third kappa shape index (κ3) is 5.44. The van der Waals surface area contributed by atoms with Crippen LogP contribution in [0.3, 0.4) is 0 Å². The summed E-state index contributed by atoms with van der Waals surface area (Å²) in [4.78, 5) is 6.78. The van der Waals surface area contributed by atoms with E-state index < -0.39 is 0 Å². The Morgan fingerprint density at radius 2 is 2.03 bits per heavy atom. The van der Waals surface area contributed by atoms with Gasteiger partial charge >= 0.3 is 0 Å². The minimum atomic E-state index is 0. The standard InChI is InChI=1S/C22H31N3O3.HI/c1-16-19-7-3-4-8-20(19)28-21(16)14-24-22(23-2)25-11-9-17(10-12-25)27-15-18-6-5-13-26-18;/h3-4,7-8,17-18H,5-6,9-15H2,1-2H3,(H,23,24);1H. The molecule has 2 saturated heterocycles. The Labute approximate surface area is 190 Å². The molecule has 2 aromatic rings. The van der Waals surface area contributed by atoms with Crippen LogP contribution in [-0.2, 0) is 16.0 Å². The second-order valence-electron chi connectivity index (χ2n) is 7.70. The summed E-state index contributed by atoms with van der Waals surface area (Å²) in [5.41, 5.74) is 2.13. The van der Waals surface area contributed by atoms with Crippen LogP contribution < -0.4 is 5.32 Å². The first-order valence-corrected chi connectivity index (χ1v) is 10.4. The lowest BCUT2D eigenvalue weighted by Gasteiger charge is -2.34. The highest BCUT2D eigenvalue weighted by Gasteiger charge is 2.24. The fraction of sp³-hybridized carbons (Fsp3) is 0.591. The maximum atomic E-state index is 6.08. The second-order valence-corrected chi connectivity index (χ2v) is 7.70. The molecule has 7 heteroatoms. The molecular formula is C22H32IN3O3. The Kier molecular flexibility index (Phi) is 8.20. The molecule has 0 spiro atoms. The number of nitrogens with one attached hydrogen (secondary N) is 1. The van der Waals surface area contributed by atoms with E-state index in [1.54, 1.807) is 0 Å². The topological polar surface area (TPSA) is 59.2 Å². The van der Waals surface area contributed by atoms with E-state index in [-0.39, 0.29) is 24.0 Å². The highest BCUT2D eigenvalue weighted by molar-refractivity contribution is 14.0. The molecule has 1 aromatic carbocycles. The first-order chi connectivity index (χ1) is 13.7. The van der Waals surface area contributed by atoms with Crippen LogP contribution >= 0.6 is 24.0 Å². The van der Waals surface area contributed by atoms with Crippen LogP contribution in [0.5, 0.6) is 0 Å². The summed E-state index contributed by atoms with van der Waals surface area (Å²) in [6, 6.07) is 8.18. The van der Waals surface area contributed by atoms with Crippen LogP contribution in [0.15, 0.2) is 33.7 Å². The first-order valence-electron chi connectivity index (χ1n) is 10.4. The Morgan fingerprint density at radius 1 is 1.24 bits per heavy atom. The van der Waals surface area contributed by atoms with Crippen LogP contribution in [0.25, 0.3) is 11.0 Å². The molecule has 0 aliphatic carbocycles. The van der Waals surface area contributed by atoms with Crippen LogP contribution in [0.2, 0.25) is 0 Å². The average molecular weight is 513 g/mol. The molecule has 4 rings (SSSR count). The zero-order valence-electron chi connectivity index (χ0n) is 17.4. The maximum Gasteiger partial charge on any atom is 0.194 e. The summed E-state index contributed by atoms with van der Waals surface area (Å²) in [7, 11) is 1.84. The molecule has 29 heavy (non-hydrogen) atoms. The molecular weight excluding hydrogens is 481 g/mol. The molecule has 6 nitrogen and oxygen atoms in total. The number of ether oxygens (including phenoxy) is 2. The van der Waals surface area contributed by atoms with Crippen molar-refractivity contribution in [1.29, 1.82) is 0 Å². The number of halogens is 1. The summed E-state index contributed by atoms with van der Waals surface area (Å²) >= 11 is 0. The highest BCUT2D eigenvalue weighted by Crippen LogP contribution is 2.25. The number of hydrogen-bond acceptors (Lipinski definition) is 4. The molecule has 0 saturated carbocycles. The van der Waals surface area contributed by atoms with Crippen LogP contribution in [0.4, 0.5) is 0 Å². The average Bonchev–Trinajstić information content (AvgIpc) is 3.36. The quantitative estimate of drug-likeness (QED) is 0.371. The van der Waals surface area contributed by atoms with Gasteiger partial charge in [0, 0.05) is 37.7 Å². The van der Waals surface area contributed by atoms with E-state index in [1.165, 1.54) is 17.4 Å². The van der Waals surface area contributed by atoms with Crippen molar-refractivity contribution < 1.29 is 13.9 Å². The van der Waals surface area contributed by atoms with Gasteiger partial charge in [-0.1, -0.05) is 18.2 Å². The zero-order valence-corrected chi connectivity index (χ0v) is 19.7. The van der Waals surface area contributed by atoms with E-state index in [4.69, 9.17) is 13.9 Å². The third-order valence-corrected chi connectivity index (χ3v) is 5.84. The van der Waals surface area contributed by atoms with Gasteiger partial charge in [0.1, 0.15) is 11.3 Å². The van der Waals surface area contributed by atoms with Gasteiger partial charge in [-0.3, -0.25) is 4.99 Å². The normalized spacial score (nSPS) is 20.8. The first kappa shape index (κ1) is 22.4. The van der Waals surface area contributed by atoms with Crippen molar-refractivity contribution in [1.82, 2.24) is 10.2 Å². The van der Waals surface area contributed by atoms with Gasteiger partial charge in [0.2, 0.25) is 0 Å². The minimum Gasteiger partial charge on any atom is -0.459 e. The number of para-hydroxylation sites is 1. The number of rotatable bonds is 5. The number of aliphatic imine (C=N–C) groups is 1. The smallest absolute Gasteiger partial charge is 0.194 e. The van der Waals surface area contributed by atoms with Crippen molar-refractivity contribution in [3.63, 3.8) is 0 Å². The number of piperidine rings is 1. The van der Waals surface area contributed by atoms with Crippen LogP contribution in [0.1, 0.15) is 37.0 Å². The molecule has 0 amide bonds. The molecule has 3 heterocycles. The van der Waals surface area contributed by atoms with Gasteiger partial charge in [0.25, 0.3) is 0 Å².